The molecule has 1 heteroatoms. The molecule has 13 heavy (non-hydrogen) atoms. The summed E-state index contributed by atoms with van der Waals surface area (Å²) in [6, 6.07) is 0.748. The maximum Gasteiger partial charge on any atom is 0.0136 e. The van der Waals surface area contributed by atoms with E-state index in [1.165, 1.54) is 25.8 Å². The fourth-order valence-corrected chi connectivity index (χ4v) is 2.03. The van der Waals surface area contributed by atoms with Gasteiger partial charge in [0.1, 0.15) is 0 Å². The number of nitrogens with one attached hydrogen (secondary N) is 1. The standard InChI is InChI=1S/C12H25N/c1-6-12(5,7-2)8-10-11(3,4)9-13-10/h10,13H,6-9H2,1-5H3. The zero-order valence-electron chi connectivity index (χ0n) is 9.91. The van der Waals surface area contributed by atoms with Gasteiger partial charge in [0.25, 0.3) is 0 Å². The van der Waals surface area contributed by atoms with Gasteiger partial charge >= 0.3 is 0 Å². The first-order valence-electron chi connectivity index (χ1n) is 5.67. The normalized spacial score (nSPS) is 27.0. The minimum Gasteiger partial charge on any atom is -0.313 e. The van der Waals surface area contributed by atoms with E-state index in [2.05, 4.69) is 39.9 Å². The van der Waals surface area contributed by atoms with Gasteiger partial charge in [0.05, 0.1) is 0 Å². The second kappa shape index (κ2) is 3.61. The highest BCUT2D eigenvalue weighted by atomic mass is 15.0. The summed E-state index contributed by atoms with van der Waals surface area (Å²) in [5.41, 5.74) is 1.08. The molecule has 1 atom stereocenters. The minimum atomic E-state index is 0.533. The van der Waals surface area contributed by atoms with E-state index in [1.54, 1.807) is 0 Å². The zero-order chi connectivity index (χ0) is 10.1. The summed E-state index contributed by atoms with van der Waals surface area (Å²) in [5, 5.41) is 3.56. The molecule has 1 heterocycles. The van der Waals surface area contributed by atoms with Crippen molar-refractivity contribution in [3.05, 3.63) is 0 Å². The predicted molar refractivity (Wildman–Crippen MR) is 58.9 cm³/mol. The molecule has 0 aromatic carbocycles. The predicted octanol–water partition coefficient (Wildman–Crippen LogP) is 3.20. The van der Waals surface area contributed by atoms with Crippen molar-refractivity contribution in [2.45, 2.75) is 59.9 Å². The van der Waals surface area contributed by atoms with Gasteiger partial charge in [-0.1, -0.05) is 47.5 Å². The van der Waals surface area contributed by atoms with E-state index in [9.17, 15) is 0 Å². The average Bonchev–Trinajstić information content (AvgIpc) is 2.12. The second-order valence-corrected chi connectivity index (χ2v) is 5.64. The van der Waals surface area contributed by atoms with Crippen LogP contribution in [0, 0.1) is 10.8 Å². The van der Waals surface area contributed by atoms with Crippen LogP contribution in [0.15, 0.2) is 0 Å². The van der Waals surface area contributed by atoms with Gasteiger partial charge in [-0.15, -0.1) is 0 Å². The van der Waals surface area contributed by atoms with Crippen LogP contribution >= 0.6 is 0 Å². The highest BCUT2D eigenvalue weighted by molar-refractivity contribution is 4.98. The van der Waals surface area contributed by atoms with Gasteiger partial charge in [-0.3, -0.25) is 0 Å². The molecule has 1 unspecified atom stereocenters. The molecule has 1 fully saturated rings. The van der Waals surface area contributed by atoms with Gasteiger partial charge < -0.3 is 5.32 Å². The monoisotopic (exact) mass is 183 g/mol. The molecule has 0 bridgehead atoms. The molecule has 1 aliphatic rings. The summed E-state index contributed by atoms with van der Waals surface area (Å²) in [5.74, 6) is 0. The summed E-state index contributed by atoms with van der Waals surface area (Å²) in [6.45, 7) is 13.0. The van der Waals surface area contributed by atoms with Crippen LogP contribution in [0.25, 0.3) is 0 Å². The van der Waals surface area contributed by atoms with E-state index < -0.39 is 0 Å². The van der Waals surface area contributed by atoms with Gasteiger partial charge in [0.2, 0.25) is 0 Å². The van der Waals surface area contributed by atoms with Crippen molar-refractivity contribution >= 4 is 0 Å². The minimum absolute atomic E-state index is 0.533. The highest BCUT2D eigenvalue weighted by Crippen LogP contribution is 2.39. The molecule has 1 nitrogen and oxygen atoms in total. The Balaban J connectivity index is 2.48. The second-order valence-electron chi connectivity index (χ2n) is 5.64. The molecule has 1 aliphatic heterocycles. The molecule has 0 saturated carbocycles. The Kier molecular flexibility index (Phi) is 3.06. The molecule has 0 aliphatic carbocycles. The lowest BCUT2D eigenvalue weighted by atomic mass is 9.68. The van der Waals surface area contributed by atoms with Crippen LogP contribution in [0.3, 0.4) is 0 Å². The smallest absolute Gasteiger partial charge is 0.0136 e. The van der Waals surface area contributed by atoms with Gasteiger partial charge in [0.15, 0.2) is 0 Å². The summed E-state index contributed by atoms with van der Waals surface area (Å²) in [4.78, 5) is 0. The first-order chi connectivity index (χ1) is 5.93. The molecule has 0 aromatic rings. The first-order valence-corrected chi connectivity index (χ1v) is 5.67. The maximum atomic E-state index is 3.56. The van der Waals surface area contributed by atoms with Crippen molar-refractivity contribution in [2.24, 2.45) is 10.8 Å². The van der Waals surface area contributed by atoms with Crippen molar-refractivity contribution in [3.63, 3.8) is 0 Å². The van der Waals surface area contributed by atoms with Crippen LogP contribution in [0.2, 0.25) is 0 Å². The lowest BCUT2D eigenvalue weighted by Crippen LogP contribution is -2.60. The first kappa shape index (κ1) is 11.0. The summed E-state index contributed by atoms with van der Waals surface area (Å²) >= 11 is 0. The van der Waals surface area contributed by atoms with E-state index >= 15 is 0 Å². The Hall–Kier alpha value is -0.0400. The highest BCUT2D eigenvalue weighted by Gasteiger charge is 2.41. The fraction of sp³-hybridized carbons (Fsp3) is 1.00. The van der Waals surface area contributed by atoms with E-state index in [-0.39, 0.29) is 0 Å². The fourth-order valence-electron chi connectivity index (χ4n) is 2.03. The molecule has 0 aromatic heterocycles. The summed E-state index contributed by atoms with van der Waals surface area (Å²) in [7, 11) is 0. The Morgan fingerprint density at radius 2 is 1.85 bits per heavy atom. The number of rotatable bonds is 4. The van der Waals surface area contributed by atoms with E-state index in [0.717, 1.165) is 6.04 Å². The van der Waals surface area contributed by atoms with Crippen LogP contribution in [-0.4, -0.2) is 12.6 Å². The van der Waals surface area contributed by atoms with Crippen molar-refractivity contribution in [3.8, 4) is 0 Å². The molecule has 1 saturated heterocycles. The molecule has 0 radical (unpaired) electrons. The van der Waals surface area contributed by atoms with E-state index in [0.29, 0.717) is 10.8 Å². The summed E-state index contributed by atoms with van der Waals surface area (Å²) in [6.07, 6.45) is 3.95. The lowest BCUT2D eigenvalue weighted by Gasteiger charge is -2.49. The molecular formula is C12H25N. The molecule has 0 amide bonds. The number of hydrogen-bond acceptors (Lipinski definition) is 1. The average molecular weight is 183 g/mol. The van der Waals surface area contributed by atoms with E-state index in [4.69, 9.17) is 0 Å². The van der Waals surface area contributed by atoms with Gasteiger partial charge in [-0.05, 0) is 17.3 Å². The molecule has 1 rings (SSSR count). The van der Waals surface area contributed by atoms with Crippen molar-refractivity contribution in [1.82, 2.24) is 5.32 Å². The Labute approximate surface area is 83.3 Å². The topological polar surface area (TPSA) is 12.0 Å². The quantitative estimate of drug-likeness (QED) is 0.706. The summed E-state index contributed by atoms with van der Waals surface area (Å²) < 4.78 is 0. The molecule has 0 spiro atoms. The Bertz CT molecular complexity index is 168. The molecular weight excluding hydrogens is 158 g/mol. The third kappa shape index (κ3) is 2.25. The maximum absolute atomic E-state index is 3.56. The lowest BCUT2D eigenvalue weighted by molar-refractivity contribution is 0.0730. The van der Waals surface area contributed by atoms with Gasteiger partial charge in [-0.2, -0.15) is 0 Å². The SMILES string of the molecule is CCC(C)(CC)CC1NCC1(C)C. The third-order valence-electron chi connectivity index (χ3n) is 4.15. The van der Waals surface area contributed by atoms with Crippen LogP contribution in [0.5, 0.6) is 0 Å². The molecule has 78 valence electrons. The van der Waals surface area contributed by atoms with Crippen molar-refractivity contribution in [2.75, 3.05) is 6.54 Å². The van der Waals surface area contributed by atoms with Gasteiger partial charge in [0, 0.05) is 12.6 Å². The Morgan fingerprint density at radius 3 is 2.08 bits per heavy atom. The third-order valence-corrected chi connectivity index (χ3v) is 4.15. The van der Waals surface area contributed by atoms with Crippen molar-refractivity contribution < 1.29 is 0 Å². The van der Waals surface area contributed by atoms with Crippen molar-refractivity contribution in [1.29, 1.82) is 0 Å². The zero-order valence-corrected chi connectivity index (χ0v) is 9.91. The van der Waals surface area contributed by atoms with Crippen LogP contribution in [0.1, 0.15) is 53.9 Å². The largest absolute Gasteiger partial charge is 0.313 e. The number of hydrogen-bond donors (Lipinski definition) is 1. The Morgan fingerprint density at radius 1 is 1.31 bits per heavy atom. The van der Waals surface area contributed by atoms with Gasteiger partial charge in [-0.25, -0.2) is 0 Å². The van der Waals surface area contributed by atoms with Crippen LogP contribution < -0.4 is 5.32 Å². The van der Waals surface area contributed by atoms with Crippen LogP contribution in [-0.2, 0) is 0 Å². The van der Waals surface area contributed by atoms with E-state index in [1.807, 2.05) is 0 Å². The van der Waals surface area contributed by atoms with Crippen LogP contribution in [0.4, 0.5) is 0 Å². The molecule has 1 N–H and O–H groups in total.